The van der Waals surface area contributed by atoms with Gasteiger partial charge in [-0.05, 0) is 39.5 Å². The van der Waals surface area contributed by atoms with Crippen molar-refractivity contribution in [3.8, 4) is 0 Å². The highest BCUT2D eigenvalue weighted by Crippen LogP contribution is 2.46. The molecule has 2 aromatic heterocycles. The van der Waals surface area contributed by atoms with Crippen LogP contribution in [0.4, 0.5) is 5.88 Å². The smallest absolute Gasteiger partial charge is 0.240 e. The molecule has 0 aromatic carbocycles. The van der Waals surface area contributed by atoms with Crippen LogP contribution < -0.4 is 5.32 Å². The summed E-state index contributed by atoms with van der Waals surface area (Å²) in [5.74, 6) is 1.93. The fraction of sp³-hybridized carbons (Fsp3) is 0.600. The van der Waals surface area contributed by atoms with E-state index in [0.29, 0.717) is 17.8 Å². The van der Waals surface area contributed by atoms with Gasteiger partial charge in [-0.2, -0.15) is 0 Å². The van der Waals surface area contributed by atoms with Gasteiger partial charge in [-0.15, -0.1) is 10.2 Å². The molecule has 1 atom stereocenters. The van der Waals surface area contributed by atoms with Gasteiger partial charge in [-0.3, -0.25) is 10.1 Å². The quantitative estimate of drug-likeness (QED) is 0.818. The predicted octanol–water partition coefficient (Wildman–Crippen LogP) is 2.91. The summed E-state index contributed by atoms with van der Waals surface area (Å²) in [5, 5.41) is 15.8. The third-order valence-electron chi connectivity index (χ3n) is 4.07. The van der Waals surface area contributed by atoms with Gasteiger partial charge >= 0.3 is 0 Å². The van der Waals surface area contributed by atoms with Crippen LogP contribution in [0.15, 0.2) is 15.7 Å². The summed E-state index contributed by atoms with van der Waals surface area (Å²) in [6.07, 6.45) is 4.78. The van der Waals surface area contributed by atoms with Crippen molar-refractivity contribution in [2.75, 3.05) is 5.32 Å². The van der Waals surface area contributed by atoms with Crippen LogP contribution in [-0.4, -0.2) is 31.1 Å². The molecule has 4 rings (SSSR count). The molecule has 0 unspecified atom stereocenters. The minimum absolute atomic E-state index is 0.121. The Kier molecular flexibility index (Phi) is 3.63. The number of aromatic nitrogens is 4. The zero-order valence-corrected chi connectivity index (χ0v) is 14.0. The van der Waals surface area contributed by atoms with Crippen LogP contribution in [0, 0.1) is 6.92 Å². The summed E-state index contributed by atoms with van der Waals surface area (Å²) in [5.41, 5.74) is 0.739. The maximum Gasteiger partial charge on any atom is 0.240 e. The molecule has 7 nitrogen and oxygen atoms in total. The van der Waals surface area contributed by atoms with E-state index in [1.54, 1.807) is 6.07 Å². The Labute approximate surface area is 138 Å². The van der Waals surface area contributed by atoms with E-state index in [1.165, 1.54) is 37.4 Å². The Morgan fingerprint density at radius 3 is 2.78 bits per heavy atom. The van der Waals surface area contributed by atoms with E-state index in [9.17, 15) is 4.79 Å². The molecule has 2 fully saturated rings. The van der Waals surface area contributed by atoms with Gasteiger partial charge in [0, 0.05) is 18.0 Å². The van der Waals surface area contributed by atoms with E-state index in [0.717, 1.165) is 16.7 Å². The molecular weight excluding hydrogens is 314 g/mol. The highest BCUT2D eigenvalue weighted by atomic mass is 32.2. The molecule has 0 bridgehead atoms. The molecule has 0 saturated heterocycles. The van der Waals surface area contributed by atoms with Crippen molar-refractivity contribution in [2.24, 2.45) is 0 Å². The fourth-order valence-electron chi connectivity index (χ4n) is 2.52. The van der Waals surface area contributed by atoms with E-state index in [4.69, 9.17) is 4.52 Å². The average Bonchev–Trinajstić information content (AvgIpc) is 3.44. The van der Waals surface area contributed by atoms with Crippen molar-refractivity contribution in [1.29, 1.82) is 0 Å². The molecule has 122 valence electrons. The van der Waals surface area contributed by atoms with E-state index in [2.05, 4.69) is 25.2 Å². The summed E-state index contributed by atoms with van der Waals surface area (Å²) in [4.78, 5) is 12.3. The number of aryl methyl sites for hydroxylation is 1. The number of amides is 1. The van der Waals surface area contributed by atoms with Crippen molar-refractivity contribution in [3.05, 3.63) is 17.6 Å². The van der Waals surface area contributed by atoms with Gasteiger partial charge < -0.3 is 9.09 Å². The Balaban J connectivity index is 1.45. The number of carbonyl (C=O) groups excluding carboxylic acids is 1. The van der Waals surface area contributed by atoms with Crippen molar-refractivity contribution in [1.82, 2.24) is 19.9 Å². The van der Waals surface area contributed by atoms with Crippen molar-refractivity contribution < 1.29 is 9.32 Å². The SMILES string of the molecule is Cc1cc(NC(=O)[C@H](C)Sc2nnc(C3CC3)n2C2CC2)on1. The molecule has 0 radical (unpaired) electrons. The molecule has 2 aliphatic rings. The monoisotopic (exact) mass is 333 g/mol. The predicted molar refractivity (Wildman–Crippen MR) is 85.5 cm³/mol. The fourth-order valence-corrected chi connectivity index (χ4v) is 3.45. The van der Waals surface area contributed by atoms with Crippen molar-refractivity contribution >= 4 is 23.6 Å². The van der Waals surface area contributed by atoms with Crippen LogP contribution in [0.5, 0.6) is 0 Å². The molecular formula is C15H19N5O2S. The lowest BCUT2D eigenvalue weighted by atomic mass is 10.4. The first-order chi connectivity index (χ1) is 11.1. The zero-order chi connectivity index (χ0) is 16.0. The van der Waals surface area contributed by atoms with Gasteiger partial charge in [-0.25, -0.2) is 0 Å². The number of nitrogens with one attached hydrogen (secondary N) is 1. The summed E-state index contributed by atoms with van der Waals surface area (Å²) >= 11 is 1.45. The van der Waals surface area contributed by atoms with Gasteiger partial charge in [0.1, 0.15) is 5.82 Å². The Morgan fingerprint density at radius 1 is 1.39 bits per heavy atom. The molecule has 2 heterocycles. The molecule has 2 aromatic rings. The van der Waals surface area contributed by atoms with E-state index >= 15 is 0 Å². The normalized spacial score (nSPS) is 18.9. The second kappa shape index (κ2) is 5.67. The minimum Gasteiger partial charge on any atom is -0.338 e. The first-order valence-electron chi connectivity index (χ1n) is 7.97. The number of hydrogen-bond donors (Lipinski definition) is 1. The number of rotatable bonds is 6. The van der Waals surface area contributed by atoms with Gasteiger partial charge in [-0.1, -0.05) is 16.9 Å². The number of anilines is 1. The van der Waals surface area contributed by atoms with Crippen molar-refractivity contribution in [2.45, 2.75) is 61.9 Å². The summed E-state index contributed by atoms with van der Waals surface area (Å²) in [7, 11) is 0. The van der Waals surface area contributed by atoms with E-state index < -0.39 is 0 Å². The molecule has 2 saturated carbocycles. The highest BCUT2D eigenvalue weighted by Gasteiger charge is 2.37. The minimum atomic E-state index is -0.283. The number of carbonyl (C=O) groups is 1. The molecule has 23 heavy (non-hydrogen) atoms. The van der Waals surface area contributed by atoms with Crippen LogP contribution in [0.25, 0.3) is 0 Å². The molecule has 1 amide bonds. The number of thioether (sulfide) groups is 1. The van der Waals surface area contributed by atoms with Gasteiger partial charge in [0.2, 0.25) is 11.8 Å². The molecule has 2 aliphatic carbocycles. The first kappa shape index (κ1) is 14.7. The maximum absolute atomic E-state index is 12.3. The van der Waals surface area contributed by atoms with E-state index in [-0.39, 0.29) is 11.2 Å². The lowest BCUT2D eigenvalue weighted by Crippen LogP contribution is -2.22. The van der Waals surface area contributed by atoms with Crippen LogP contribution >= 0.6 is 11.8 Å². The second-order valence-electron chi connectivity index (χ2n) is 6.30. The van der Waals surface area contributed by atoms with Crippen LogP contribution in [0.1, 0.15) is 56.1 Å². The Morgan fingerprint density at radius 2 is 2.17 bits per heavy atom. The molecule has 1 N–H and O–H groups in total. The lowest BCUT2D eigenvalue weighted by molar-refractivity contribution is -0.115. The second-order valence-corrected chi connectivity index (χ2v) is 7.61. The highest BCUT2D eigenvalue weighted by molar-refractivity contribution is 8.00. The summed E-state index contributed by atoms with van der Waals surface area (Å²) in [6, 6.07) is 2.22. The molecule has 0 spiro atoms. The maximum atomic E-state index is 12.3. The van der Waals surface area contributed by atoms with Gasteiger partial charge in [0.25, 0.3) is 0 Å². The first-order valence-corrected chi connectivity index (χ1v) is 8.85. The average molecular weight is 333 g/mol. The summed E-state index contributed by atoms with van der Waals surface area (Å²) in [6.45, 7) is 3.68. The largest absolute Gasteiger partial charge is 0.338 e. The zero-order valence-electron chi connectivity index (χ0n) is 13.2. The van der Waals surface area contributed by atoms with Crippen LogP contribution in [0.3, 0.4) is 0 Å². The third kappa shape index (κ3) is 3.12. The van der Waals surface area contributed by atoms with Crippen LogP contribution in [-0.2, 0) is 4.79 Å². The lowest BCUT2D eigenvalue weighted by Gasteiger charge is -2.12. The summed E-state index contributed by atoms with van der Waals surface area (Å²) < 4.78 is 7.28. The van der Waals surface area contributed by atoms with Crippen molar-refractivity contribution in [3.63, 3.8) is 0 Å². The van der Waals surface area contributed by atoms with Crippen LogP contribution in [0.2, 0.25) is 0 Å². The number of nitrogens with zero attached hydrogens (tertiary/aromatic N) is 4. The number of hydrogen-bond acceptors (Lipinski definition) is 6. The van der Waals surface area contributed by atoms with Gasteiger partial charge in [0.15, 0.2) is 5.16 Å². The standard InChI is InChI=1S/C15H19N5O2S/c1-8-7-12(22-19-8)16-14(21)9(2)23-15-18-17-13(10-3-4-10)20(15)11-5-6-11/h7,9-11H,3-6H2,1-2H3,(H,16,21)/t9-/m0/s1. The van der Waals surface area contributed by atoms with E-state index in [1.807, 2.05) is 13.8 Å². The topological polar surface area (TPSA) is 85.8 Å². The van der Waals surface area contributed by atoms with Gasteiger partial charge in [0.05, 0.1) is 10.9 Å². The molecule has 8 heteroatoms. The Hall–Kier alpha value is -1.83. The third-order valence-corrected chi connectivity index (χ3v) is 5.13. The Bertz CT molecular complexity index is 732. The molecule has 0 aliphatic heterocycles.